The van der Waals surface area contributed by atoms with E-state index in [0.29, 0.717) is 6.04 Å². The molecule has 0 saturated heterocycles. The Balaban J connectivity index is 2.05. The van der Waals surface area contributed by atoms with Crippen molar-refractivity contribution in [3.63, 3.8) is 0 Å². The number of nitrogens with two attached hydrogens (primary N) is 1. The molecule has 1 aliphatic rings. The van der Waals surface area contributed by atoms with E-state index in [1.807, 2.05) is 18.2 Å². The maximum atomic E-state index is 6.28. The average molecular weight is 267 g/mol. The summed E-state index contributed by atoms with van der Waals surface area (Å²) in [6, 6.07) is 6.42. The van der Waals surface area contributed by atoms with Crippen molar-refractivity contribution in [1.29, 1.82) is 0 Å². The van der Waals surface area contributed by atoms with Gasteiger partial charge in [0.25, 0.3) is 0 Å². The molecule has 1 aliphatic carbocycles. The van der Waals surface area contributed by atoms with Gasteiger partial charge in [-0.15, -0.1) is 0 Å². The van der Waals surface area contributed by atoms with E-state index in [2.05, 4.69) is 18.9 Å². The second kappa shape index (κ2) is 5.83. The molecule has 0 radical (unpaired) electrons. The summed E-state index contributed by atoms with van der Waals surface area (Å²) in [6.07, 6.45) is 6.56. The Hall–Kier alpha value is -0.890. The van der Waals surface area contributed by atoms with Crippen LogP contribution in [0.2, 0.25) is 5.02 Å². The highest BCUT2D eigenvalue weighted by Gasteiger charge is 2.24. The Bertz CT molecular complexity index is 397. The molecule has 0 unspecified atom stereocenters. The van der Waals surface area contributed by atoms with Crippen LogP contribution >= 0.6 is 11.6 Å². The third kappa shape index (κ3) is 2.92. The number of halogens is 1. The molecule has 1 saturated carbocycles. The third-order valence-corrected chi connectivity index (χ3v) is 4.60. The smallest absolute Gasteiger partial charge is 0.0660 e. The number of hydrogen-bond donors (Lipinski definition) is 1. The van der Waals surface area contributed by atoms with Crippen LogP contribution in [0.3, 0.4) is 0 Å². The quantitative estimate of drug-likeness (QED) is 0.826. The minimum absolute atomic E-state index is 0.619. The Labute approximate surface area is 115 Å². The largest absolute Gasteiger partial charge is 0.399 e. The minimum Gasteiger partial charge on any atom is -0.399 e. The maximum absolute atomic E-state index is 6.28. The fraction of sp³-hybridized carbons (Fsp3) is 0.600. The van der Waals surface area contributed by atoms with Gasteiger partial charge in [-0.25, -0.2) is 0 Å². The highest BCUT2D eigenvalue weighted by Crippen LogP contribution is 2.34. The minimum atomic E-state index is 0.619. The highest BCUT2D eigenvalue weighted by molar-refractivity contribution is 6.33. The van der Waals surface area contributed by atoms with Crippen LogP contribution in [0.5, 0.6) is 0 Å². The molecule has 1 aromatic carbocycles. The predicted octanol–water partition coefficient (Wildman–Crippen LogP) is 4.33. The molecule has 1 fully saturated rings. The van der Waals surface area contributed by atoms with Gasteiger partial charge in [-0.3, -0.25) is 0 Å². The van der Waals surface area contributed by atoms with Crippen molar-refractivity contribution in [1.82, 2.24) is 0 Å². The van der Waals surface area contributed by atoms with Gasteiger partial charge in [0.1, 0.15) is 0 Å². The molecule has 0 atom stereocenters. The standard InChI is InChI=1S/C15H23ClN2/c1-3-11-4-7-13(8-5-11)18(2)15-9-6-12(17)10-14(15)16/h6,9-11,13H,3-5,7-8,17H2,1-2H3. The van der Waals surface area contributed by atoms with Crippen LogP contribution < -0.4 is 10.6 Å². The molecule has 0 amide bonds. The predicted molar refractivity (Wildman–Crippen MR) is 80.3 cm³/mol. The van der Waals surface area contributed by atoms with Gasteiger partial charge in [0.05, 0.1) is 10.7 Å². The van der Waals surface area contributed by atoms with Crippen LogP contribution in [0.25, 0.3) is 0 Å². The Morgan fingerprint density at radius 3 is 2.50 bits per heavy atom. The van der Waals surface area contributed by atoms with E-state index in [1.54, 1.807) is 0 Å². The van der Waals surface area contributed by atoms with Gasteiger partial charge >= 0.3 is 0 Å². The molecule has 100 valence electrons. The summed E-state index contributed by atoms with van der Waals surface area (Å²) < 4.78 is 0. The molecule has 0 bridgehead atoms. The van der Waals surface area contributed by atoms with E-state index >= 15 is 0 Å². The van der Waals surface area contributed by atoms with Crippen LogP contribution in [-0.4, -0.2) is 13.1 Å². The van der Waals surface area contributed by atoms with Crippen LogP contribution in [0.4, 0.5) is 11.4 Å². The van der Waals surface area contributed by atoms with Crippen molar-refractivity contribution < 1.29 is 0 Å². The second-order valence-electron chi connectivity index (χ2n) is 5.40. The third-order valence-electron chi connectivity index (χ3n) is 4.29. The van der Waals surface area contributed by atoms with Gasteiger partial charge in [0.15, 0.2) is 0 Å². The lowest BCUT2D eigenvalue weighted by Crippen LogP contribution is -2.35. The number of nitrogen functional groups attached to an aromatic ring is 1. The lowest BCUT2D eigenvalue weighted by Gasteiger charge is -2.36. The normalized spacial score (nSPS) is 23.9. The lowest BCUT2D eigenvalue weighted by atomic mass is 9.84. The van der Waals surface area contributed by atoms with E-state index in [1.165, 1.54) is 32.1 Å². The van der Waals surface area contributed by atoms with Crippen LogP contribution in [-0.2, 0) is 0 Å². The fourth-order valence-electron chi connectivity index (χ4n) is 2.95. The van der Waals surface area contributed by atoms with Gasteiger partial charge in [0.2, 0.25) is 0 Å². The molecule has 2 nitrogen and oxygen atoms in total. The van der Waals surface area contributed by atoms with Crippen LogP contribution in [0.1, 0.15) is 39.0 Å². The summed E-state index contributed by atoms with van der Waals surface area (Å²) in [7, 11) is 2.15. The molecule has 1 aromatic rings. The molecule has 0 heterocycles. The van der Waals surface area contributed by atoms with E-state index < -0.39 is 0 Å². The zero-order valence-corrected chi connectivity index (χ0v) is 12.1. The number of nitrogens with zero attached hydrogens (tertiary/aromatic N) is 1. The van der Waals surface area contributed by atoms with Crippen molar-refractivity contribution >= 4 is 23.0 Å². The fourth-order valence-corrected chi connectivity index (χ4v) is 3.27. The van der Waals surface area contributed by atoms with Crippen molar-refractivity contribution in [2.24, 2.45) is 5.92 Å². The van der Waals surface area contributed by atoms with E-state index in [9.17, 15) is 0 Å². The summed E-state index contributed by atoms with van der Waals surface area (Å²) in [5, 5.41) is 0.759. The molecule has 0 aliphatic heterocycles. The van der Waals surface area contributed by atoms with Crippen molar-refractivity contribution in [2.75, 3.05) is 17.7 Å². The molecular weight excluding hydrogens is 244 g/mol. The number of hydrogen-bond acceptors (Lipinski definition) is 2. The SMILES string of the molecule is CCC1CCC(N(C)c2ccc(N)cc2Cl)CC1. The van der Waals surface area contributed by atoms with Gasteiger partial charge in [-0.05, 0) is 49.8 Å². The number of benzene rings is 1. The van der Waals surface area contributed by atoms with Gasteiger partial charge in [-0.1, -0.05) is 24.9 Å². The first kappa shape index (κ1) is 13.5. The highest BCUT2D eigenvalue weighted by atomic mass is 35.5. The second-order valence-corrected chi connectivity index (χ2v) is 5.81. The Kier molecular flexibility index (Phi) is 4.39. The maximum Gasteiger partial charge on any atom is 0.0660 e. The Morgan fingerprint density at radius 1 is 1.28 bits per heavy atom. The van der Waals surface area contributed by atoms with Crippen molar-refractivity contribution in [3.05, 3.63) is 23.2 Å². The van der Waals surface area contributed by atoms with Crippen LogP contribution in [0, 0.1) is 5.92 Å². The summed E-state index contributed by atoms with van der Waals surface area (Å²) in [5.41, 5.74) is 7.57. The summed E-state index contributed by atoms with van der Waals surface area (Å²) >= 11 is 6.28. The van der Waals surface area contributed by atoms with Gasteiger partial charge in [-0.2, -0.15) is 0 Å². The molecule has 3 heteroatoms. The van der Waals surface area contributed by atoms with Crippen LogP contribution in [0.15, 0.2) is 18.2 Å². The summed E-state index contributed by atoms with van der Waals surface area (Å²) in [4.78, 5) is 2.33. The Morgan fingerprint density at radius 2 is 1.94 bits per heavy atom. The number of anilines is 2. The first-order chi connectivity index (χ1) is 8.61. The van der Waals surface area contributed by atoms with E-state index in [-0.39, 0.29) is 0 Å². The molecule has 0 aromatic heterocycles. The summed E-state index contributed by atoms with van der Waals surface area (Å²) in [5.74, 6) is 0.927. The lowest BCUT2D eigenvalue weighted by molar-refractivity contribution is 0.313. The zero-order chi connectivity index (χ0) is 13.1. The topological polar surface area (TPSA) is 29.3 Å². The molecule has 2 N–H and O–H groups in total. The van der Waals surface area contributed by atoms with E-state index in [0.717, 1.165) is 22.3 Å². The van der Waals surface area contributed by atoms with Gasteiger partial charge < -0.3 is 10.6 Å². The first-order valence-electron chi connectivity index (χ1n) is 6.89. The first-order valence-corrected chi connectivity index (χ1v) is 7.27. The monoisotopic (exact) mass is 266 g/mol. The molecule has 2 rings (SSSR count). The average Bonchev–Trinajstić information content (AvgIpc) is 2.38. The van der Waals surface area contributed by atoms with E-state index in [4.69, 9.17) is 17.3 Å². The molecular formula is C15H23ClN2. The van der Waals surface area contributed by atoms with Crippen molar-refractivity contribution in [2.45, 2.75) is 45.1 Å². The summed E-state index contributed by atoms with van der Waals surface area (Å²) in [6.45, 7) is 2.30. The molecule has 0 spiro atoms. The number of rotatable bonds is 3. The van der Waals surface area contributed by atoms with Crippen molar-refractivity contribution in [3.8, 4) is 0 Å². The zero-order valence-electron chi connectivity index (χ0n) is 11.3. The van der Waals surface area contributed by atoms with Gasteiger partial charge in [0, 0.05) is 18.8 Å². The molecule has 18 heavy (non-hydrogen) atoms.